The van der Waals surface area contributed by atoms with Crippen molar-refractivity contribution in [2.45, 2.75) is 62.6 Å². The molecule has 150 valence electrons. The Kier molecular flexibility index (Phi) is 5.31. The van der Waals surface area contributed by atoms with Crippen molar-refractivity contribution in [1.82, 2.24) is 9.55 Å². The monoisotopic (exact) mass is 424 g/mol. The molecule has 4 nitrogen and oxygen atoms in total. The van der Waals surface area contributed by atoms with Gasteiger partial charge in [-0.05, 0) is 37.7 Å². The van der Waals surface area contributed by atoms with Crippen LogP contribution < -0.4 is 5.56 Å². The average Bonchev–Trinajstić information content (AvgIpc) is 3.34. The predicted octanol–water partition coefficient (Wildman–Crippen LogP) is 5.43. The maximum atomic E-state index is 13.6. The SMILES string of the molecule is O=C(CSc1nc2sc3c(c2c(=O)n1C1CCCCC1)CCC3)c1ccccc1. The van der Waals surface area contributed by atoms with Crippen LogP contribution in [0, 0.1) is 0 Å². The molecular weight excluding hydrogens is 400 g/mol. The van der Waals surface area contributed by atoms with Gasteiger partial charge in [-0.3, -0.25) is 14.2 Å². The van der Waals surface area contributed by atoms with Gasteiger partial charge in [0.25, 0.3) is 5.56 Å². The van der Waals surface area contributed by atoms with Gasteiger partial charge in [-0.1, -0.05) is 61.4 Å². The number of Topliss-reactive ketones (excluding diaryl/α,β-unsaturated/α-hetero) is 1. The molecule has 0 spiro atoms. The number of ketones is 1. The third-order valence-corrected chi connectivity index (χ3v) is 8.25. The Bertz CT molecular complexity index is 1110. The minimum atomic E-state index is 0.0776. The van der Waals surface area contributed by atoms with E-state index in [1.807, 2.05) is 34.9 Å². The summed E-state index contributed by atoms with van der Waals surface area (Å²) >= 11 is 3.10. The van der Waals surface area contributed by atoms with Crippen LogP contribution in [-0.2, 0) is 12.8 Å². The Morgan fingerprint density at radius 3 is 2.69 bits per heavy atom. The number of aromatic nitrogens is 2. The van der Waals surface area contributed by atoms with Crippen molar-refractivity contribution >= 4 is 39.1 Å². The number of hydrogen-bond acceptors (Lipinski definition) is 5. The van der Waals surface area contributed by atoms with Gasteiger partial charge in [-0.2, -0.15) is 0 Å². The molecule has 0 N–H and O–H groups in total. The highest BCUT2D eigenvalue weighted by Gasteiger charge is 2.27. The summed E-state index contributed by atoms with van der Waals surface area (Å²) in [5.74, 6) is 0.383. The van der Waals surface area contributed by atoms with Crippen LogP contribution in [0.2, 0.25) is 0 Å². The maximum absolute atomic E-state index is 13.6. The van der Waals surface area contributed by atoms with Crippen LogP contribution in [0.5, 0.6) is 0 Å². The van der Waals surface area contributed by atoms with Gasteiger partial charge >= 0.3 is 0 Å². The van der Waals surface area contributed by atoms with E-state index < -0.39 is 0 Å². The molecule has 29 heavy (non-hydrogen) atoms. The molecule has 0 radical (unpaired) electrons. The molecule has 1 aromatic carbocycles. The Morgan fingerprint density at radius 2 is 1.90 bits per heavy atom. The highest BCUT2D eigenvalue weighted by atomic mass is 32.2. The summed E-state index contributed by atoms with van der Waals surface area (Å²) in [4.78, 5) is 33.4. The smallest absolute Gasteiger partial charge is 0.263 e. The summed E-state index contributed by atoms with van der Waals surface area (Å²) in [6.45, 7) is 0. The van der Waals surface area contributed by atoms with E-state index in [0.717, 1.165) is 60.3 Å². The van der Waals surface area contributed by atoms with Crippen LogP contribution in [-0.4, -0.2) is 21.1 Å². The molecule has 3 aromatic rings. The zero-order valence-corrected chi connectivity index (χ0v) is 18.0. The van der Waals surface area contributed by atoms with Crippen LogP contribution >= 0.6 is 23.1 Å². The molecule has 1 saturated carbocycles. The normalized spacial score (nSPS) is 17.0. The molecule has 6 heteroatoms. The zero-order chi connectivity index (χ0) is 19.8. The van der Waals surface area contributed by atoms with Gasteiger partial charge in [-0.25, -0.2) is 4.98 Å². The molecule has 2 aliphatic carbocycles. The number of hydrogen-bond donors (Lipinski definition) is 0. The number of aryl methyl sites for hydroxylation is 2. The topological polar surface area (TPSA) is 52.0 Å². The molecule has 2 aliphatic rings. The molecule has 0 unspecified atom stereocenters. The van der Waals surface area contributed by atoms with Crippen LogP contribution in [0.3, 0.4) is 0 Å². The Morgan fingerprint density at radius 1 is 1.10 bits per heavy atom. The van der Waals surface area contributed by atoms with Gasteiger partial charge in [0.05, 0.1) is 11.1 Å². The summed E-state index contributed by atoms with van der Waals surface area (Å²) in [7, 11) is 0. The van der Waals surface area contributed by atoms with Crippen LogP contribution in [0.25, 0.3) is 10.2 Å². The lowest BCUT2D eigenvalue weighted by atomic mass is 9.95. The highest BCUT2D eigenvalue weighted by molar-refractivity contribution is 7.99. The fourth-order valence-corrected chi connectivity index (χ4v) is 6.90. The van der Waals surface area contributed by atoms with Crippen molar-refractivity contribution in [2.24, 2.45) is 0 Å². The van der Waals surface area contributed by atoms with Crippen molar-refractivity contribution in [3.63, 3.8) is 0 Å². The fraction of sp³-hybridized carbons (Fsp3) is 0.435. The minimum absolute atomic E-state index is 0.0776. The third kappa shape index (κ3) is 3.57. The number of carbonyl (C=O) groups is 1. The number of carbonyl (C=O) groups excluding carboxylic acids is 1. The second-order valence-electron chi connectivity index (χ2n) is 7.98. The van der Waals surface area contributed by atoms with Crippen LogP contribution in [0.1, 0.15) is 65.4 Å². The Hall–Kier alpha value is -1.92. The van der Waals surface area contributed by atoms with E-state index in [-0.39, 0.29) is 17.4 Å². The minimum Gasteiger partial charge on any atom is -0.293 e. The Labute approximate surface area is 178 Å². The number of fused-ring (bicyclic) bond motifs is 3. The molecule has 0 amide bonds. The predicted molar refractivity (Wildman–Crippen MR) is 120 cm³/mol. The van der Waals surface area contributed by atoms with E-state index in [1.165, 1.54) is 28.6 Å². The van der Waals surface area contributed by atoms with E-state index in [1.54, 1.807) is 11.3 Å². The Balaban J connectivity index is 1.54. The number of thiophene rings is 1. The number of thioether (sulfide) groups is 1. The van der Waals surface area contributed by atoms with Gasteiger partial charge in [0.15, 0.2) is 10.9 Å². The summed E-state index contributed by atoms with van der Waals surface area (Å²) in [6, 6.07) is 9.57. The fourth-order valence-electron chi connectivity index (χ4n) is 4.64. The quantitative estimate of drug-likeness (QED) is 0.311. The van der Waals surface area contributed by atoms with Crippen molar-refractivity contribution in [3.8, 4) is 0 Å². The summed E-state index contributed by atoms with van der Waals surface area (Å²) in [5.41, 5.74) is 2.07. The molecule has 5 rings (SSSR count). The second kappa shape index (κ2) is 8.07. The van der Waals surface area contributed by atoms with Gasteiger partial charge in [0, 0.05) is 16.5 Å². The van der Waals surface area contributed by atoms with Gasteiger partial charge in [0.2, 0.25) is 0 Å². The third-order valence-electron chi connectivity index (χ3n) is 6.11. The second-order valence-corrected chi connectivity index (χ2v) is 10.0. The summed E-state index contributed by atoms with van der Waals surface area (Å²) in [6.07, 6.45) is 8.81. The zero-order valence-electron chi connectivity index (χ0n) is 16.4. The maximum Gasteiger partial charge on any atom is 0.263 e. The molecule has 2 heterocycles. The van der Waals surface area contributed by atoms with E-state index >= 15 is 0 Å². The lowest BCUT2D eigenvalue weighted by Gasteiger charge is -2.26. The molecule has 2 aromatic heterocycles. The van der Waals surface area contributed by atoms with Crippen molar-refractivity contribution in [1.29, 1.82) is 0 Å². The average molecular weight is 425 g/mol. The standard InChI is InChI=1S/C23H24N2O2S2/c26-18(15-8-3-1-4-9-15)14-28-23-24-21-20(17-12-7-13-19(17)29-21)22(27)25(23)16-10-5-2-6-11-16/h1,3-4,8-9,16H,2,5-7,10-14H2. The first-order valence-electron chi connectivity index (χ1n) is 10.5. The first kappa shape index (κ1) is 19.1. The van der Waals surface area contributed by atoms with Gasteiger partial charge in [-0.15, -0.1) is 11.3 Å². The van der Waals surface area contributed by atoms with E-state index in [9.17, 15) is 9.59 Å². The van der Waals surface area contributed by atoms with Crippen molar-refractivity contribution in [2.75, 3.05) is 5.75 Å². The first-order chi connectivity index (χ1) is 14.2. The lowest BCUT2D eigenvalue weighted by Crippen LogP contribution is -2.29. The first-order valence-corrected chi connectivity index (χ1v) is 12.3. The number of nitrogens with zero attached hydrogens (tertiary/aromatic N) is 2. The molecule has 0 saturated heterocycles. The van der Waals surface area contributed by atoms with E-state index in [0.29, 0.717) is 11.3 Å². The lowest BCUT2D eigenvalue weighted by molar-refractivity contribution is 0.102. The van der Waals surface area contributed by atoms with Crippen LogP contribution in [0.4, 0.5) is 0 Å². The van der Waals surface area contributed by atoms with E-state index in [4.69, 9.17) is 4.98 Å². The van der Waals surface area contributed by atoms with Gasteiger partial charge < -0.3 is 0 Å². The number of benzene rings is 1. The van der Waals surface area contributed by atoms with Gasteiger partial charge in [0.1, 0.15) is 4.83 Å². The molecule has 1 fully saturated rings. The largest absolute Gasteiger partial charge is 0.293 e. The number of rotatable bonds is 5. The molecule has 0 atom stereocenters. The molecule has 0 aliphatic heterocycles. The summed E-state index contributed by atoms with van der Waals surface area (Å²) in [5, 5.41) is 1.57. The van der Waals surface area contributed by atoms with E-state index in [2.05, 4.69) is 0 Å². The molecule has 0 bridgehead atoms. The van der Waals surface area contributed by atoms with Crippen molar-refractivity contribution < 1.29 is 4.79 Å². The highest BCUT2D eigenvalue weighted by Crippen LogP contribution is 2.37. The summed E-state index contributed by atoms with van der Waals surface area (Å²) < 4.78 is 1.94. The van der Waals surface area contributed by atoms with Crippen molar-refractivity contribution in [3.05, 3.63) is 56.7 Å². The molecular formula is C23H24N2O2S2. The van der Waals surface area contributed by atoms with Crippen LogP contribution in [0.15, 0.2) is 40.3 Å².